The van der Waals surface area contributed by atoms with Gasteiger partial charge in [-0.25, -0.2) is 4.79 Å². The number of amides is 1. The summed E-state index contributed by atoms with van der Waals surface area (Å²) in [6.07, 6.45) is -0.815. The Morgan fingerprint density at radius 3 is 2.77 bits per heavy atom. The Bertz CT molecular complexity index is 343. The van der Waals surface area contributed by atoms with Crippen LogP contribution in [-0.4, -0.2) is 6.09 Å². The first-order valence-electron chi connectivity index (χ1n) is 3.74. The Labute approximate surface area is 88.8 Å². The summed E-state index contributed by atoms with van der Waals surface area (Å²) < 4.78 is 6.03. The van der Waals surface area contributed by atoms with Crippen LogP contribution in [0.5, 0.6) is 0 Å². The first kappa shape index (κ1) is 8.76. The highest BCUT2D eigenvalue weighted by atomic mass is 127. The molecule has 1 fully saturated rings. The van der Waals surface area contributed by atoms with Crippen LogP contribution in [0.2, 0.25) is 0 Å². The minimum atomic E-state index is -0.440. The number of hydrogen-bond acceptors (Lipinski definition) is 3. The predicted molar refractivity (Wildman–Crippen MR) is 54.7 cm³/mol. The average Bonchev–Trinajstić information content (AvgIpc) is 2.53. The fourth-order valence-corrected chi connectivity index (χ4v) is 1.79. The Morgan fingerprint density at radius 2 is 2.15 bits per heavy atom. The second-order valence-corrected chi connectivity index (χ2v) is 3.74. The van der Waals surface area contributed by atoms with E-state index < -0.39 is 6.09 Å². The number of rotatable bonds is 1. The molecule has 1 aliphatic rings. The molecule has 0 radical (unpaired) electrons. The molecule has 0 spiro atoms. The zero-order chi connectivity index (χ0) is 9.26. The maximum atomic E-state index is 10.7. The molecule has 2 N–H and O–H groups in total. The van der Waals surface area contributed by atoms with Crippen molar-refractivity contribution in [2.75, 3.05) is 0 Å². The Hall–Kier alpha value is -0.820. The molecule has 1 aromatic rings. The average molecular weight is 290 g/mol. The molecule has 1 saturated heterocycles. The van der Waals surface area contributed by atoms with Gasteiger partial charge in [0.2, 0.25) is 0 Å². The predicted octanol–water partition coefficient (Wildman–Crippen LogP) is 1.53. The highest BCUT2D eigenvalue weighted by Gasteiger charge is 2.24. The number of hydrogen-bond donors (Lipinski definition) is 2. The second kappa shape index (κ2) is 3.51. The third kappa shape index (κ3) is 1.75. The standard InChI is InChI=1S/C8H7IN2O2/c9-6-4-2-1-3-5(6)7-10-11-8(12)13-7/h1-4,7,10H,(H,11,12). The lowest BCUT2D eigenvalue weighted by Crippen LogP contribution is -2.27. The highest BCUT2D eigenvalue weighted by molar-refractivity contribution is 14.1. The number of halogens is 1. The molecule has 13 heavy (non-hydrogen) atoms. The van der Waals surface area contributed by atoms with E-state index in [0.29, 0.717) is 0 Å². The summed E-state index contributed by atoms with van der Waals surface area (Å²) >= 11 is 2.20. The van der Waals surface area contributed by atoms with Crippen LogP contribution in [0.4, 0.5) is 4.79 Å². The van der Waals surface area contributed by atoms with Gasteiger partial charge in [0.15, 0.2) is 6.23 Å². The van der Waals surface area contributed by atoms with E-state index in [1.807, 2.05) is 24.3 Å². The SMILES string of the molecule is O=C1NNC(c2ccccc2I)O1. The van der Waals surface area contributed by atoms with Crippen LogP contribution >= 0.6 is 22.6 Å². The van der Waals surface area contributed by atoms with Crippen LogP contribution < -0.4 is 10.9 Å². The lowest BCUT2D eigenvalue weighted by Gasteiger charge is -2.09. The van der Waals surface area contributed by atoms with Crippen LogP contribution in [0, 0.1) is 3.57 Å². The quantitative estimate of drug-likeness (QED) is 0.771. The smallest absolute Gasteiger partial charge is 0.423 e. The summed E-state index contributed by atoms with van der Waals surface area (Å²) in [6, 6.07) is 7.73. The van der Waals surface area contributed by atoms with Crippen molar-refractivity contribution in [3.05, 3.63) is 33.4 Å². The molecule has 4 nitrogen and oxygen atoms in total. The molecule has 5 heteroatoms. The van der Waals surface area contributed by atoms with E-state index in [9.17, 15) is 4.79 Å². The Kier molecular flexibility index (Phi) is 2.36. The number of cyclic esters (lactones) is 1. The largest absolute Gasteiger partial charge is 0.423 e. The van der Waals surface area contributed by atoms with Gasteiger partial charge in [0, 0.05) is 9.13 Å². The molecule has 0 aromatic heterocycles. The van der Waals surface area contributed by atoms with Crippen molar-refractivity contribution >= 4 is 28.7 Å². The van der Waals surface area contributed by atoms with E-state index in [4.69, 9.17) is 4.74 Å². The van der Waals surface area contributed by atoms with Gasteiger partial charge in [0.05, 0.1) is 0 Å². The Balaban J connectivity index is 2.26. The zero-order valence-electron chi connectivity index (χ0n) is 6.58. The van der Waals surface area contributed by atoms with E-state index >= 15 is 0 Å². The van der Waals surface area contributed by atoms with Gasteiger partial charge in [0.1, 0.15) is 0 Å². The van der Waals surface area contributed by atoms with Crippen molar-refractivity contribution in [2.24, 2.45) is 0 Å². The fourth-order valence-electron chi connectivity index (χ4n) is 1.12. The van der Waals surface area contributed by atoms with Gasteiger partial charge in [-0.2, -0.15) is 5.43 Å². The summed E-state index contributed by atoms with van der Waals surface area (Å²) in [5.74, 6) is 0. The van der Waals surface area contributed by atoms with Crippen LogP contribution in [-0.2, 0) is 4.74 Å². The molecule has 1 heterocycles. The monoisotopic (exact) mass is 290 g/mol. The topological polar surface area (TPSA) is 50.4 Å². The molecule has 1 aliphatic heterocycles. The van der Waals surface area contributed by atoms with Crippen molar-refractivity contribution in [1.29, 1.82) is 0 Å². The number of carbonyl (C=O) groups excluding carboxylic acids is 1. The maximum Gasteiger partial charge on any atom is 0.423 e. The minimum Gasteiger partial charge on any atom is -0.423 e. The van der Waals surface area contributed by atoms with Gasteiger partial charge >= 0.3 is 6.09 Å². The van der Waals surface area contributed by atoms with Crippen molar-refractivity contribution in [3.63, 3.8) is 0 Å². The molecule has 1 unspecified atom stereocenters. The first-order chi connectivity index (χ1) is 6.27. The van der Waals surface area contributed by atoms with Gasteiger partial charge in [0.25, 0.3) is 0 Å². The van der Waals surface area contributed by atoms with E-state index in [1.165, 1.54) is 0 Å². The molecular formula is C8H7IN2O2. The number of nitrogens with one attached hydrogen (secondary N) is 2. The minimum absolute atomic E-state index is 0.374. The summed E-state index contributed by atoms with van der Waals surface area (Å²) in [5, 5.41) is 0. The Morgan fingerprint density at radius 1 is 1.38 bits per heavy atom. The van der Waals surface area contributed by atoms with E-state index in [2.05, 4.69) is 33.4 Å². The third-order valence-electron chi connectivity index (χ3n) is 1.72. The number of carbonyl (C=O) groups is 1. The van der Waals surface area contributed by atoms with Gasteiger partial charge in [-0.1, -0.05) is 18.2 Å². The van der Waals surface area contributed by atoms with Crippen LogP contribution in [0.1, 0.15) is 11.8 Å². The van der Waals surface area contributed by atoms with Gasteiger partial charge in [-0.05, 0) is 28.7 Å². The van der Waals surface area contributed by atoms with Gasteiger partial charge < -0.3 is 4.74 Å². The van der Waals surface area contributed by atoms with Gasteiger partial charge in [-0.3, -0.25) is 5.43 Å². The number of ether oxygens (including phenoxy) is 1. The molecule has 1 atom stereocenters. The van der Waals surface area contributed by atoms with Crippen molar-refractivity contribution in [2.45, 2.75) is 6.23 Å². The van der Waals surface area contributed by atoms with E-state index in [-0.39, 0.29) is 6.23 Å². The molecule has 0 bridgehead atoms. The van der Waals surface area contributed by atoms with Gasteiger partial charge in [-0.15, -0.1) is 0 Å². The van der Waals surface area contributed by atoms with Crippen LogP contribution in [0.15, 0.2) is 24.3 Å². The molecule has 1 aromatic carbocycles. The molecular weight excluding hydrogens is 283 g/mol. The number of benzene rings is 1. The molecule has 1 amide bonds. The van der Waals surface area contributed by atoms with Crippen LogP contribution in [0.25, 0.3) is 0 Å². The summed E-state index contributed by atoms with van der Waals surface area (Å²) in [5.41, 5.74) is 6.08. The van der Waals surface area contributed by atoms with Crippen LogP contribution in [0.3, 0.4) is 0 Å². The lowest BCUT2D eigenvalue weighted by atomic mass is 10.2. The summed E-state index contributed by atoms with van der Waals surface area (Å²) in [6.45, 7) is 0. The zero-order valence-corrected chi connectivity index (χ0v) is 8.74. The van der Waals surface area contributed by atoms with Crippen molar-refractivity contribution < 1.29 is 9.53 Å². The third-order valence-corrected chi connectivity index (χ3v) is 2.70. The molecule has 0 aliphatic carbocycles. The van der Waals surface area contributed by atoms with Crippen molar-refractivity contribution in [1.82, 2.24) is 10.9 Å². The molecule has 68 valence electrons. The second-order valence-electron chi connectivity index (χ2n) is 2.58. The normalized spacial score (nSPS) is 21.0. The lowest BCUT2D eigenvalue weighted by molar-refractivity contribution is 0.130. The summed E-state index contributed by atoms with van der Waals surface area (Å²) in [4.78, 5) is 10.7. The van der Waals surface area contributed by atoms with Crippen molar-refractivity contribution in [3.8, 4) is 0 Å². The maximum absolute atomic E-state index is 10.7. The fraction of sp³-hybridized carbons (Fsp3) is 0.125. The first-order valence-corrected chi connectivity index (χ1v) is 4.82. The molecule has 2 rings (SSSR count). The molecule has 0 saturated carbocycles. The van der Waals surface area contributed by atoms with E-state index in [0.717, 1.165) is 9.13 Å². The highest BCUT2D eigenvalue weighted by Crippen LogP contribution is 2.22. The van der Waals surface area contributed by atoms with E-state index in [1.54, 1.807) is 0 Å². The summed E-state index contributed by atoms with van der Waals surface area (Å²) in [7, 11) is 0. The number of hydrazine groups is 1.